The van der Waals surface area contributed by atoms with E-state index in [0.29, 0.717) is 35.7 Å². The largest absolute Gasteiger partial charge is 0.493 e. The number of ether oxygens (including phenoxy) is 2. The Bertz CT molecular complexity index is 981. The van der Waals surface area contributed by atoms with E-state index in [1.165, 1.54) is 0 Å². The number of thiocarbonyl (C=S) groups is 1. The molecule has 0 fully saturated rings. The molecule has 0 amide bonds. The summed E-state index contributed by atoms with van der Waals surface area (Å²) < 4.78 is 13.5. The molecule has 0 aliphatic heterocycles. The Labute approximate surface area is 193 Å². The molecule has 3 aromatic rings. The third-order valence-electron chi connectivity index (χ3n) is 4.63. The van der Waals surface area contributed by atoms with Crippen LogP contribution >= 0.6 is 12.2 Å². The lowest BCUT2D eigenvalue weighted by Crippen LogP contribution is -2.29. The molecule has 3 N–H and O–H groups in total. The highest BCUT2D eigenvalue weighted by molar-refractivity contribution is 7.80. The van der Waals surface area contributed by atoms with E-state index in [4.69, 9.17) is 21.7 Å². The van der Waals surface area contributed by atoms with Crippen LogP contribution in [-0.2, 0) is 6.54 Å². The lowest BCUT2D eigenvalue weighted by Gasteiger charge is -2.14. The number of aromatic nitrogens is 4. The van der Waals surface area contributed by atoms with Crippen molar-refractivity contribution in [2.75, 3.05) is 37.4 Å². The lowest BCUT2D eigenvalue weighted by molar-refractivity contribution is 0.292. The van der Waals surface area contributed by atoms with Crippen LogP contribution in [0.15, 0.2) is 49.2 Å². The van der Waals surface area contributed by atoms with Gasteiger partial charge in [-0.1, -0.05) is 0 Å². The molecule has 0 saturated carbocycles. The number of hydrogen-bond acceptors (Lipinski definition) is 7. The zero-order chi connectivity index (χ0) is 22.6. The molecular formula is C22H29N7O2S. The van der Waals surface area contributed by atoms with Gasteiger partial charge >= 0.3 is 0 Å². The van der Waals surface area contributed by atoms with Crippen molar-refractivity contribution in [3.63, 3.8) is 0 Å². The van der Waals surface area contributed by atoms with Crippen molar-refractivity contribution < 1.29 is 9.47 Å². The van der Waals surface area contributed by atoms with Crippen molar-refractivity contribution in [3.8, 4) is 11.5 Å². The molecule has 2 heterocycles. The third kappa shape index (κ3) is 7.38. The van der Waals surface area contributed by atoms with Crippen molar-refractivity contribution in [1.82, 2.24) is 24.8 Å². The highest BCUT2D eigenvalue weighted by Crippen LogP contribution is 2.30. The molecule has 170 valence electrons. The summed E-state index contributed by atoms with van der Waals surface area (Å²) in [6.45, 7) is 4.97. The molecule has 9 nitrogen and oxygen atoms in total. The number of imidazole rings is 1. The van der Waals surface area contributed by atoms with Gasteiger partial charge in [0.05, 0.1) is 20.0 Å². The first-order valence-electron chi connectivity index (χ1n) is 10.5. The summed E-state index contributed by atoms with van der Waals surface area (Å²) in [5.41, 5.74) is 1.99. The van der Waals surface area contributed by atoms with E-state index in [9.17, 15) is 0 Å². The van der Waals surface area contributed by atoms with Crippen LogP contribution < -0.4 is 25.4 Å². The van der Waals surface area contributed by atoms with Crippen molar-refractivity contribution >= 4 is 29.0 Å². The van der Waals surface area contributed by atoms with Crippen LogP contribution in [0.2, 0.25) is 0 Å². The summed E-state index contributed by atoms with van der Waals surface area (Å²) in [5, 5.41) is 10.1. The minimum Gasteiger partial charge on any atom is -0.493 e. The Morgan fingerprint density at radius 2 is 1.97 bits per heavy atom. The third-order valence-corrected chi connectivity index (χ3v) is 4.88. The molecule has 0 aliphatic carbocycles. The van der Waals surface area contributed by atoms with Crippen LogP contribution in [0, 0.1) is 6.92 Å². The van der Waals surface area contributed by atoms with Crippen LogP contribution in [0.5, 0.6) is 11.5 Å². The van der Waals surface area contributed by atoms with E-state index in [0.717, 1.165) is 37.3 Å². The fourth-order valence-electron chi connectivity index (χ4n) is 2.96. The number of rotatable bonds is 12. The Kier molecular flexibility index (Phi) is 9.05. The highest BCUT2D eigenvalue weighted by atomic mass is 32.1. The molecule has 10 heteroatoms. The van der Waals surface area contributed by atoms with Gasteiger partial charge in [-0.3, -0.25) is 0 Å². The van der Waals surface area contributed by atoms with E-state index >= 15 is 0 Å². The van der Waals surface area contributed by atoms with E-state index in [-0.39, 0.29) is 0 Å². The van der Waals surface area contributed by atoms with Gasteiger partial charge in [0.1, 0.15) is 0 Å². The normalized spacial score (nSPS) is 10.4. The molecule has 0 bridgehead atoms. The summed E-state index contributed by atoms with van der Waals surface area (Å²) in [5.74, 6) is 1.94. The Hall–Kier alpha value is -3.40. The quantitative estimate of drug-likeness (QED) is 0.281. The van der Waals surface area contributed by atoms with Crippen LogP contribution in [-0.4, -0.2) is 51.4 Å². The first-order valence-corrected chi connectivity index (χ1v) is 10.9. The number of nitrogens with zero attached hydrogens (tertiary/aromatic N) is 4. The maximum absolute atomic E-state index is 5.86. The Balaban J connectivity index is 1.37. The minimum atomic E-state index is 0.541. The van der Waals surface area contributed by atoms with Gasteiger partial charge < -0.3 is 30.0 Å². The molecule has 0 aliphatic rings. The number of benzene rings is 1. The summed E-state index contributed by atoms with van der Waals surface area (Å²) in [6.07, 6.45) is 8.85. The predicted octanol–water partition coefficient (Wildman–Crippen LogP) is 3.25. The zero-order valence-electron chi connectivity index (χ0n) is 18.4. The summed E-state index contributed by atoms with van der Waals surface area (Å²) in [7, 11) is 1.62. The molecule has 0 spiro atoms. The van der Waals surface area contributed by atoms with Crippen LogP contribution in [0.3, 0.4) is 0 Å². The van der Waals surface area contributed by atoms with Gasteiger partial charge in [0, 0.05) is 55.7 Å². The second-order valence-electron chi connectivity index (χ2n) is 7.03. The zero-order valence-corrected chi connectivity index (χ0v) is 19.2. The molecule has 1 aromatic carbocycles. The molecule has 2 aromatic heterocycles. The molecule has 0 atom stereocenters. The van der Waals surface area contributed by atoms with Crippen molar-refractivity contribution in [2.45, 2.75) is 26.3 Å². The fourth-order valence-corrected chi connectivity index (χ4v) is 3.18. The van der Waals surface area contributed by atoms with Crippen LogP contribution in [0.1, 0.15) is 18.5 Å². The standard InChI is InChI=1S/C22H29N7O2S/c1-17-15-23-16-29(17)12-4-10-27-22(32)28-18-6-7-19(20(14-18)30-2)31-13-5-11-26-21-24-8-3-9-25-21/h3,6-9,14-16H,4-5,10-13H2,1-2H3,(H,24,25,26)(H2,27,28,32). The molecule has 32 heavy (non-hydrogen) atoms. The summed E-state index contributed by atoms with van der Waals surface area (Å²) in [4.78, 5) is 12.4. The highest BCUT2D eigenvalue weighted by Gasteiger charge is 2.07. The molecule has 0 unspecified atom stereocenters. The van der Waals surface area contributed by atoms with Gasteiger partial charge in [-0.2, -0.15) is 0 Å². The van der Waals surface area contributed by atoms with Gasteiger partial charge in [-0.25, -0.2) is 15.0 Å². The molecule has 0 radical (unpaired) electrons. The Morgan fingerprint density at radius 3 is 2.72 bits per heavy atom. The monoisotopic (exact) mass is 455 g/mol. The smallest absolute Gasteiger partial charge is 0.222 e. The first kappa shape index (κ1) is 23.3. The summed E-state index contributed by atoms with van der Waals surface area (Å²) >= 11 is 5.40. The van der Waals surface area contributed by atoms with Crippen molar-refractivity contribution in [1.29, 1.82) is 0 Å². The van der Waals surface area contributed by atoms with E-state index < -0.39 is 0 Å². The minimum absolute atomic E-state index is 0.541. The fraction of sp³-hybridized carbons (Fsp3) is 0.364. The van der Waals surface area contributed by atoms with Crippen LogP contribution in [0.4, 0.5) is 11.6 Å². The second-order valence-corrected chi connectivity index (χ2v) is 7.44. The lowest BCUT2D eigenvalue weighted by atomic mass is 10.2. The van der Waals surface area contributed by atoms with E-state index in [1.807, 2.05) is 37.6 Å². The summed E-state index contributed by atoms with van der Waals surface area (Å²) in [6, 6.07) is 7.44. The van der Waals surface area contributed by atoms with E-state index in [2.05, 4.69) is 35.5 Å². The van der Waals surface area contributed by atoms with Crippen molar-refractivity contribution in [3.05, 3.63) is 54.9 Å². The maximum atomic E-state index is 5.86. The second kappa shape index (κ2) is 12.5. The van der Waals surface area contributed by atoms with Crippen molar-refractivity contribution in [2.24, 2.45) is 0 Å². The average Bonchev–Trinajstić information content (AvgIpc) is 3.22. The first-order chi connectivity index (χ1) is 15.7. The maximum Gasteiger partial charge on any atom is 0.222 e. The van der Waals surface area contributed by atoms with Gasteiger partial charge in [0.2, 0.25) is 5.95 Å². The van der Waals surface area contributed by atoms with Crippen LogP contribution in [0.25, 0.3) is 0 Å². The SMILES string of the molecule is COc1cc(NC(=S)NCCCn2cncc2C)ccc1OCCCNc1ncccn1. The topological polar surface area (TPSA) is 98.2 Å². The van der Waals surface area contributed by atoms with Gasteiger partial charge in [0.25, 0.3) is 0 Å². The molecule has 3 rings (SSSR count). The number of hydrogen-bond donors (Lipinski definition) is 3. The number of methoxy groups -OCH3 is 1. The van der Waals surface area contributed by atoms with E-state index in [1.54, 1.807) is 25.6 Å². The molecule has 0 saturated heterocycles. The number of nitrogens with one attached hydrogen (secondary N) is 3. The molecular weight excluding hydrogens is 426 g/mol. The number of anilines is 2. The van der Waals surface area contributed by atoms with Gasteiger partial charge in [-0.05, 0) is 50.2 Å². The Morgan fingerprint density at radius 1 is 1.12 bits per heavy atom. The average molecular weight is 456 g/mol. The number of aryl methyl sites for hydroxylation is 2. The van der Waals surface area contributed by atoms with Gasteiger partial charge in [-0.15, -0.1) is 0 Å². The predicted molar refractivity (Wildman–Crippen MR) is 129 cm³/mol. The van der Waals surface area contributed by atoms with Gasteiger partial charge in [0.15, 0.2) is 16.6 Å².